The number of rotatable bonds is 25. The molecule has 2 N–H and O–H groups in total. The van der Waals surface area contributed by atoms with Gasteiger partial charge in [0.05, 0.1) is 36.1 Å². The lowest BCUT2D eigenvalue weighted by atomic mass is 10.0. The Bertz CT molecular complexity index is 1420. The monoisotopic (exact) mass is 674 g/mol. The third-order valence-corrected chi connectivity index (χ3v) is 8.38. The molecule has 0 fully saturated rings. The topological polar surface area (TPSA) is 123 Å². The van der Waals surface area contributed by atoms with E-state index in [0.29, 0.717) is 34.7 Å². The molecule has 1 atom stereocenters. The number of nitro groups is 1. The molecule has 0 aliphatic rings. The summed E-state index contributed by atoms with van der Waals surface area (Å²) in [6.07, 6.45) is 17.3. The van der Waals surface area contributed by atoms with Crippen LogP contribution in [0.5, 0.6) is 17.2 Å². The molecule has 0 heterocycles. The number of hydrogen-bond acceptors (Lipinski definition) is 8. The van der Waals surface area contributed by atoms with Gasteiger partial charge in [-0.1, -0.05) is 89.8 Å². The predicted octanol–water partition coefficient (Wildman–Crippen LogP) is 10.9. The number of anilines is 1. The molecule has 0 spiro atoms. The number of benzene rings is 3. The normalized spacial score (nSPS) is 11.5. The Balaban J connectivity index is 1.43. The second kappa shape index (κ2) is 22.2. The second-order valence-electron chi connectivity index (χ2n) is 12.4. The maximum Gasteiger partial charge on any atom is 0.343 e. The van der Waals surface area contributed by atoms with E-state index in [1.165, 1.54) is 56.9 Å². The van der Waals surface area contributed by atoms with Gasteiger partial charge in [0.15, 0.2) is 5.75 Å². The van der Waals surface area contributed by atoms with E-state index in [1.807, 2.05) is 6.92 Å². The summed E-state index contributed by atoms with van der Waals surface area (Å²) in [6.45, 7) is 9.04. The molecule has 0 aromatic heterocycles. The maximum absolute atomic E-state index is 12.8. The first-order valence-electron chi connectivity index (χ1n) is 17.8. The van der Waals surface area contributed by atoms with E-state index < -0.39 is 10.9 Å². The molecule has 9 nitrogen and oxygen atoms in total. The molecule has 0 saturated heterocycles. The van der Waals surface area contributed by atoms with Crippen molar-refractivity contribution >= 4 is 17.3 Å². The molecule has 266 valence electrons. The van der Waals surface area contributed by atoms with Crippen LogP contribution in [0.4, 0.5) is 11.4 Å². The lowest BCUT2D eigenvalue weighted by molar-refractivity contribution is -0.386. The highest BCUT2D eigenvalue weighted by molar-refractivity contribution is 5.92. The smallest absolute Gasteiger partial charge is 0.343 e. The average molecular weight is 675 g/mol. The molecule has 0 saturated carbocycles. The van der Waals surface area contributed by atoms with E-state index in [-0.39, 0.29) is 17.5 Å². The van der Waals surface area contributed by atoms with Crippen LogP contribution in [0.3, 0.4) is 0 Å². The van der Waals surface area contributed by atoms with Gasteiger partial charge in [-0.15, -0.1) is 0 Å². The molecular formula is C40H54N2O7. The van der Waals surface area contributed by atoms with Gasteiger partial charge in [0.25, 0.3) is 0 Å². The van der Waals surface area contributed by atoms with Crippen molar-refractivity contribution in [1.82, 2.24) is 0 Å². The van der Waals surface area contributed by atoms with Crippen molar-refractivity contribution in [2.45, 2.75) is 110 Å². The number of ether oxygens (including phenoxy) is 4. The van der Waals surface area contributed by atoms with E-state index in [9.17, 15) is 14.9 Å². The highest BCUT2D eigenvalue weighted by Gasteiger charge is 2.21. The maximum atomic E-state index is 12.8. The van der Waals surface area contributed by atoms with Crippen molar-refractivity contribution in [2.75, 3.05) is 18.9 Å². The van der Waals surface area contributed by atoms with Gasteiger partial charge in [0, 0.05) is 23.4 Å². The van der Waals surface area contributed by atoms with Crippen LogP contribution in [0.25, 0.3) is 11.1 Å². The average Bonchev–Trinajstić information content (AvgIpc) is 3.09. The van der Waals surface area contributed by atoms with Crippen LogP contribution >= 0.6 is 0 Å². The fraction of sp³-hybridized carbons (Fsp3) is 0.475. The quantitative estimate of drug-likeness (QED) is 0.0179. The second-order valence-corrected chi connectivity index (χ2v) is 12.4. The first-order valence-corrected chi connectivity index (χ1v) is 17.8. The standard InChI is InChI=1S/C40H54N2O7/c1-4-6-7-15-18-31(3)48-39-30-37(41)36(29-38(39)42(44)45)32-19-21-33(22-20-32)40(43)49-35-25-23-34(24-26-35)47-28-17-14-12-10-8-9-11-13-16-27-46-5-2/h5,19-26,29-31H,2,4,6-18,27-28,41H2,1,3H3/t31-/m1/s1. The number of carbonyl (C=O) groups is 1. The van der Waals surface area contributed by atoms with Gasteiger partial charge in [-0.05, 0) is 74.6 Å². The Labute approximate surface area is 291 Å². The van der Waals surface area contributed by atoms with E-state index in [0.717, 1.165) is 63.7 Å². The largest absolute Gasteiger partial charge is 0.502 e. The minimum Gasteiger partial charge on any atom is -0.502 e. The van der Waals surface area contributed by atoms with Gasteiger partial charge in [-0.3, -0.25) is 10.1 Å². The number of nitrogen functional groups attached to an aromatic ring is 1. The van der Waals surface area contributed by atoms with Crippen molar-refractivity contribution < 1.29 is 28.7 Å². The number of nitrogens with two attached hydrogens (primary N) is 1. The van der Waals surface area contributed by atoms with Crippen LogP contribution in [0.2, 0.25) is 0 Å². The number of unbranched alkanes of at least 4 members (excludes halogenated alkanes) is 11. The van der Waals surface area contributed by atoms with Gasteiger partial charge < -0.3 is 24.7 Å². The molecule has 3 aromatic carbocycles. The molecule has 3 aromatic rings. The molecule has 0 bridgehead atoms. The van der Waals surface area contributed by atoms with Gasteiger partial charge >= 0.3 is 11.7 Å². The SMILES string of the molecule is C=COCCCCCCCCCCCOc1ccc(OC(=O)c2ccc(-c3cc([N+](=O)[O-])c(O[C@H](C)CCCCCC)cc3N)cc2)cc1. The Morgan fingerprint density at radius 3 is 2.04 bits per heavy atom. The van der Waals surface area contributed by atoms with Crippen molar-refractivity contribution in [2.24, 2.45) is 0 Å². The fourth-order valence-corrected chi connectivity index (χ4v) is 5.56. The molecule has 0 radical (unpaired) electrons. The molecule has 9 heteroatoms. The summed E-state index contributed by atoms with van der Waals surface area (Å²) in [5.41, 5.74) is 8.00. The number of hydrogen-bond donors (Lipinski definition) is 1. The van der Waals surface area contributed by atoms with Crippen molar-refractivity contribution in [3.05, 3.63) is 89.2 Å². The third-order valence-electron chi connectivity index (χ3n) is 8.38. The molecule has 0 unspecified atom stereocenters. The van der Waals surface area contributed by atoms with Crippen LogP contribution in [-0.2, 0) is 4.74 Å². The third kappa shape index (κ3) is 14.2. The number of nitrogens with zero attached hydrogens (tertiary/aromatic N) is 1. The first kappa shape index (κ1) is 38.9. The van der Waals surface area contributed by atoms with Crippen molar-refractivity contribution in [3.8, 4) is 28.4 Å². The van der Waals surface area contributed by atoms with Gasteiger partial charge in [0.2, 0.25) is 0 Å². The van der Waals surface area contributed by atoms with Crippen LogP contribution < -0.4 is 19.9 Å². The summed E-state index contributed by atoms with van der Waals surface area (Å²) in [7, 11) is 0. The lowest BCUT2D eigenvalue weighted by Gasteiger charge is -2.16. The zero-order valence-corrected chi connectivity index (χ0v) is 29.3. The highest BCUT2D eigenvalue weighted by atomic mass is 16.6. The zero-order valence-electron chi connectivity index (χ0n) is 29.3. The van der Waals surface area contributed by atoms with Gasteiger partial charge in [-0.25, -0.2) is 4.79 Å². The predicted molar refractivity (Wildman–Crippen MR) is 196 cm³/mol. The van der Waals surface area contributed by atoms with Gasteiger partial charge in [0.1, 0.15) is 11.5 Å². The summed E-state index contributed by atoms with van der Waals surface area (Å²) in [6, 6.07) is 16.6. The summed E-state index contributed by atoms with van der Waals surface area (Å²) >= 11 is 0. The summed E-state index contributed by atoms with van der Waals surface area (Å²) in [5, 5.41) is 11.9. The van der Waals surface area contributed by atoms with E-state index >= 15 is 0 Å². The molecular weight excluding hydrogens is 620 g/mol. The zero-order chi connectivity index (χ0) is 35.3. The number of esters is 1. The van der Waals surface area contributed by atoms with Crippen molar-refractivity contribution in [3.63, 3.8) is 0 Å². The Kier molecular flexibility index (Phi) is 17.6. The van der Waals surface area contributed by atoms with Crippen LogP contribution in [0, 0.1) is 10.1 Å². The number of carbonyl (C=O) groups excluding carboxylic acids is 1. The van der Waals surface area contributed by atoms with Crippen molar-refractivity contribution in [1.29, 1.82) is 0 Å². The van der Waals surface area contributed by atoms with E-state index in [4.69, 9.17) is 24.7 Å². The van der Waals surface area contributed by atoms with E-state index in [1.54, 1.807) is 48.5 Å². The molecule has 0 aliphatic carbocycles. The van der Waals surface area contributed by atoms with E-state index in [2.05, 4.69) is 13.5 Å². The summed E-state index contributed by atoms with van der Waals surface area (Å²) in [5.74, 6) is 0.779. The Morgan fingerprint density at radius 1 is 0.837 bits per heavy atom. The highest BCUT2D eigenvalue weighted by Crippen LogP contribution is 2.38. The molecule has 0 aliphatic heterocycles. The molecule has 0 amide bonds. The van der Waals surface area contributed by atoms with Gasteiger partial charge in [-0.2, -0.15) is 0 Å². The fourth-order valence-electron chi connectivity index (χ4n) is 5.56. The van der Waals surface area contributed by atoms with Crippen LogP contribution in [-0.4, -0.2) is 30.2 Å². The Hall–Kier alpha value is -4.53. The number of nitro benzene ring substituents is 1. The summed E-state index contributed by atoms with van der Waals surface area (Å²) in [4.78, 5) is 24.3. The molecule has 3 rings (SSSR count). The van der Waals surface area contributed by atoms with Crippen LogP contribution in [0.15, 0.2) is 73.5 Å². The first-order chi connectivity index (χ1) is 23.8. The lowest BCUT2D eigenvalue weighted by Crippen LogP contribution is -2.13. The molecule has 49 heavy (non-hydrogen) atoms. The minimum atomic E-state index is -0.516. The van der Waals surface area contributed by atoms with Crippen LogP contribution in [0.1, 0.15) is 114 Å². The summed E-state index contributed by atoms with van der Waals surface area (Å²) < 4.78 is 22.5. The Morgan fingerprint density at radius 2 is 1.43 bits per heavy atom. The minimum absolute atomic E-state index is 0.149.